The first kappa shape index (κ1) is 16.3. The molecule has 2 aromatic heterocycles. The average Bonchev–Trinajstić information content (AvgIpc) is 3.07. The number of carboxylic acid groups (broad SMARTS) is 1. The third kappa shape index (κ3) is 2.41. The fourth-order valence-electron chi connectivity index (χ4n) is 2.84. The molecule has 2 heterocycles. The lowest BCUT2D eigenvalue weighted by atomic mass is 10.1. The Morgan fingerprint density at radius 3 is 2.58 bits per heavy atom. The number of ether oxygens (including phenoxy) is 2. The summed E-state index contributed by atoms with van der Waals surface area (Å²) in [6.45, 7) is 3.87. The van der Waals surface area contributed by atoms with E-state index in [-0.39, 0.29) is 5.69 Å². The van der Waals surface area contributed by atoms with E-state index in [0.29, 0.717) is 28.6 Å². The average molecular weight is 346 g/mol. The second kappa shape index (κ2) is 6.16. The number of benzene rings is 1. The molecule has 3 aromatic rings. The van der Waals surface area contributed by atoms with Gasteiger partial charge in [0.25, 0.3) is 0 Å². The summed E-state index contributed by atoms with van der Waals surface area (Å²) in [5, 5.41) is 9.65. The Kier molecular flexibility index (Phi) is 4.19. The Balaban J connectivity index is 2.32. The normalized spacial score (nSPS) is 11.0. The van der Waals surface area contributed by atoms with Gasteiger partial charge in [0.1, 0.15) is 0 Å². The van der Waals surface area contributed by atoms with Gasteiger partial charge in [0.2, 0.25) is 0 Å². The molecule has 0 bridgehead atoms. The number of thiazole rings is 1. The molecule has 0 atom stereocenters. The van der Waals surface area contributed by atoms with Gasteiger partial charge in [-0.25, -0.2) is 9.78 Å². The summed E-state index contributed by atoms with van der Waals surface area (Å²) < 4.78 is 12.4. The van der Waals surface area contributed by atoms with E-state index in [4.69, 9.17) is 9.47 Å². The Bertz CT molecular complexity index is 926. The summed E-state index contributed by atoms with van der Waals surface area (Å²) >= 11 is 1.48. The third-order valence-electron chi connectivity index (χ3n) is 3.91. The number of hydrogen-bond donors (Lipinski definition) is 1. The number of fused-ring (bicyclic) bond motifs is 1. The van der Waals surface area contributed by atoms with Crippen molar-refractivity contribution >= 4 is 22.3 Å². The van der Waals surface area contributed by atoms with Gasteiger partial charge in [-0.05, 0) is 31.5 Å². The minimum atomic E-state index is -0.973. The molecule has 1 N–H and O–H groups in total. The fraction of sp³-hybridized carbons (Fsp3) is 0.294. The number of carbonyl (C=O) groups is 1. The number of imidazole rings is 1. The lowest BCUT2D eigenvalue weighted by Crippen LogP contribution is -2.06. The van der Waals surface area contributed by atoms with E-state index in [0.717, 1.165) is 16.1 Å². The first-order chi connectivity index (χ1) is 11.5. The molecule has 6 nitrogen and oxygen atoms in total. The van der Waals surface area contributed by atoms with Crippen molar-refractivity contribution in [2.45, 2.75) is 20.3 Å². The van der Waals surface area contributed by atoms with E-state index in [2.05, 4.69) is 4.98 Å². The maximum Gasteiger partial charge on any atom is 0.354 e. The summed E-state index contributed by atoms with van der Waals surface area (Å²) in [4.78, 5) is 17.9. The maximum absolute atomic E-state index is 11.8. The van der Waals surface area contributed by atoms with E-state index < -0.39 is 5.97 Å². The number of aromatic carboxylic acids is 1. The molecule has 126 valence electrons. The first-order valence-corrected chi connectivity index (χ1v) is 8.29. The predicted octanol–water partition coefficient (Wildman–Crippen LogP) is 3.65. The van der Waals surface area contributed by atoms with E-state index in [1.54, 1.807) is 18.6 Å². The highest BCUT2D eigenvalue weighted by Crippen LogP contribution is 2.37. The van der Waals surface area contributed by atoms with Crippen molar-refractivity contribution in [1.29, 1.82) is 0 Å². The number of methoxy groups -OCH3 is 2. The number of carboxylic acids is 1. The topological polar surface area (TPSA) is 73.1 Å². The van der Waals surface area contributed by atoms with Gasteiger partial charge in [-0.15, -0.1) is 11.3 Å². The SMILES string of the molecule is CCc1nc2sc(C)c(-c3ccc(OC)c(OC)c3)n2c1C(=O)O. The number of aromatic nitrogens is 2. The summed E-state index contributed by atoms with van der Waals surface area (Å²) in [6.07, 6.45) is 0.570. The molecular weight excluding hydrogens is 328 g/mol. The van der Waals surface area contributed by atoms with Crippen LogP contribution < -0.4 is 9.47 Å². The van der Waals surface area contributed by atoms with Gasteiger partial charge in [-0.1, -0.05) is 6.92 Å². The van der Waals surface area contributed by atoms with Crippen LogP contribution in [-0.2, 0) is 6.42 Å². The Morgan fingerprint density at radius 1 is 1.29 bits per heavy atom. The summed E-state index contributed by atoms with van der Waals surface area (Å²) in [6, 6.07) is 5.56. The molecule has 0 radical (unpaired) electrons. The molecule has 0 aliphatic heterocycles. The van der Waals surface area contributed by atoms with Crippen LogP contribution in [0.25, 0.3) is 16.2 Å². The lowest BCUT2D eigenvalue weighted by Gasteiger charge is -2.10. The van der Waals surface area contributed by atoms with E-state index in [1.807, 2.05) is 32.0 Å². The molecular formula is C17H18N2O4S. The van der Waals surface area contributed by atoms with Gasteiger partial charge in [0, 0.05) is 10.4 Å². The van der Waals surface area contributed by atoms with Crippen LogP contribution in [0.15, 0.2) is 18.2 Å². The zero-order chi connectivity index (χ0) is 17.4. The highest BCUT2D eigenvalue weighted by Gasteiger charge is 2.24. The molecule has 0 fully saturated rings. The first-order valence-electron chi connectivity index (χ1n) is 7.48. The van der Waals surface area contributed by atoms with Gasteiger partial charge in [-0.2, -0.15) is 0 Å². The number of hydrogen-bond acceptors (Lipinski definition) is 5. The summed E-state index contributed by atoms with van der Waals surface area (Å²) in [5.74, 6) is 0.254. The molecule has 24 heavy (non-hydrogen) atoms. The van der Waals surface area contributed by atoms with Crippen LogP contribution in [0.1, 0.15) is 28.0 Å². The van der Waals surface area contributed by atoms with E-state index in [9.17, 15) is 9.90 Å². The van der Waals surface area contributed by atoms with Crippen LogP contribution in [0, 0.1) is 6.92 Å². The van der Waals surface area contributed by atoms with Crippen molar-refractivity contribution in [3.63, 3.8) is 0 Å². The van der Waals surface area contributed by atoms with Crippen molar-refractivity contribution in [1.82, 2.24) is 9.38 Å². The van der Waals surface area contributed by atoms with Crippen molar-refractivity contribution in [3.8, 4) is 22.8 Å². The van der Waals surface area contributed by atoms with Gasteiger partial charge >= 0.3 is 5.97 Å². The Morgan fingerprint density at radius 2 is 2.00 bits per heavy atom. The highest BCUT2D eigenvalue weighted by molar-refractivity contribution is 7.17. The number of rotatable bonds is 5. The quantitative estimate of drug-likeness (QED) is 0.763. The van der Waals surface area contributed by atoms with Gasteiger partial charge in [0.05, 0.1) is 25.6 Å². The van der Waals surface area contributed by atoms with Crippen LogP contribution in [0.3, 0.4) is 0 Å². The molecule has 1 aromatic carbocycles. The zero-order valence-corrected chi connectivity index (χ0v) is 14.7. The molecule has 0 aliphatic rings. The highest BCUT2D eigenvalue weighted by atomic mass is 32.1. The second-order valence-corrected chi connectivity index (χ2v) is 6.44. The van der Waals surface area contributed by atoms with Crippen molar-refractivity contribution in [3.05, 3.63) is 34.5 Å². The second-order valence-electron chi connectivity index (χ2n) is 5.26. The molecule has 0 saturated carbocycles. The van der Waals surface area contributed by atoms with Gasteiger partial charge in [-0.3, -0.25) is 4.40 Å². The van der Waals surface area contributed by atoms with E-state index in [1.165, 1.54) is 11.3 Å². The number of aryl methyl sites for hydroxylation is 2. The summed E-state index contributed by atoms with van der Waals surface area (Å²) in [5.41, 5.74) is 2.50. The lowest BCUT2D eigenvalue weighted by molar-refractivity contribution is 0.0688. The Hall–Kier alpha value is -2.54. The van der Waals surface area contributed by atoms with Crippen LogP contribution in [-0.4, -0.2) is 34.7 Å². The minimum absolute atomic E-state index is 0.224. The predicted molar refractivity (Wildman–Crippen MR) is 92.7 cm³/mol. The third-order valence-corrected chi connectivity index (χ3v) is 4.87. The van der Waals surface area contributed by atoms with E-state index >= 15 is 0 Å². The molecule has 0 aliphatic carbocycles. The maximum atomic E-state index is 11.8. The standard InChI is InChI=1S/C17H18N2O4S/c1-5-11-15(16(20)21)19-14(9(2)24-17(19)18-11)10-6-7-12(22-3)13(8-10)23-4/h6-8H,5H2,1-4H3,(H,20,21). The molecule has 0 saturated heterocycles. The van der Waals surface area contributed by atoms with Crippen LogP contribution in [0.2, 0.25) is 0 Å². The van der Waals surface area contributed by atoms with Crippen molar-refractivity contribution in [2.75, 3.05) is 14.2 Å². The Labute approximate surface area is 143 Å². The van der Waals surface area contributed by atoms with Crippen LogP contribution in [0.4, 0.5) is 0 Å². The minimum Gasteiger partial charge on any atom is -0.493 e. The molecule has 7 heteroatoms. The summed E-state index contributed by atoms with van der Waals surface area (Å²) in [7, 11) is 3.16. The monoisotopic (exact) mass is 346 g/mol. The molecule has 0 unspecified atom stereocenters. The molecule has 0 amide bonds. The van der Waals surface area contributed by atoms with Crippen LogP contribution >= 0.6 is 11.3 Å². The van der Waals surface area contributed by atoms with Crippen molar-refractivity contribution in [2.24, 2.45) is 0 Å². The molecule has 3 rings (SSSR count). The van der Waals surface area contributed by atoms with Crippen LogP contribution in [0.5, 0.6) is 11.5 Å². The number of nitrogens with zero attached hydrogens (tertiary/aromatic N) is 2. The smallest absolute Gasteiger partial charge is 0.354 e. The fourth-order valence-corrected chi connectivity index (χ4v) is 3.85. The van der Waals surface area contributed by atoms with Gasteiger partial charge in [0.15, 0.2) is 22.2 Å². The largest absolute Gasteiger partial charge is 0.493 e. The van der Waals surface area contributed by atoms with Crippen molar-refractivity contribution < 1.29 is 19.4 Å². The van der Waals surface area contributed by atoms with Gasteiger partial charge < -0.3 is 14.6 Å². The zero-order valence-electron chi connectivity index (χ0n) is 13.9. The molecule has 0 spiro atoms.